The molecule has 0 saturated carbocycles. The number of hydrogen-bond donors (Lipinski definition) is 4. The van der Waals surface area contributed by atoms with Gasteiger partial charge < -0.3 is 35.2 Å². The number of aliphatic hydroxyl groups excluding tert-OH is 1. The summed E-state index contributed by atoms with van der Waals surface area (Å²) in [6, 6.07) is 23.9. The molecule has 5 rings (SSSR count). The van der Waals surface area contributed by atoms with Crippen LogP contribution in [0.5, 0.6) is 0 Å². The summed E-state index contributed by atoms with van der Waals surface area (Å²) >= 11 is 1.39. The smallest absolute Gasteiger partial charge is 0.407 e. The molecule has 14 heteroatoms. The Labute approximate surface area is 317 Å². The summed E-state index contributed by atoms with van der Waals surface area (Å²) in [4.78, 5) is 46.3. The zero-order valence-corrected chi connectivity index (χ0v) is 31.2. The SMILES string of the molecule is CC(C)[C@H](NC(=O)N(C)Cc1csc(-c2ccc(F)cc2)n1)C(=O)N[C@@H](Cc1ccccc1)C[C@H](O)[C@H](Cc1ccccc1)NC(=O)OCc1ccno1. The third-order valence-corrected chi connectivity index (χ3v) is 9.66. The summed E-state index contributed by atoms with van der Waals surface area (Å²) < 4.78 is 23.7. The van der Waals surface area contributed by atoms with Gasteiger partial charge in [0.25, 0.3) is 0 Å². The molecule has 0 aliphatic rings. The Bertz CT molecular complexity index is 1910. The molecule has 2 heterocycles. The first kappa shape index (κ1) is 39.6. The predicted octanol–water partition coefficient (Wildman–Crippen LogP) is 6.12. The van der Waals surface area contributed by atoms with Crippen LogP contribution in [0.2, 0.25) is 0 Å². The third kappa shape index (κ3) is 12.0. The lowest BCUT2D eigenvalue weighted by Gasteiger charge is -2.30. The first-order valence-electron chi connectivity index (χ1n) is 17.6. The van der Waals surface area contributed by atoms with Crippen LogP contribution in [0.1, 0.15) is 42.8 Å². The van der Waals surface area contributed by atoms with Crippen LogP contribution in [0.15, 0.2) is 107 Å². The number of urea groups is 1. The number of amides is 4. The van der Waals surface area contributed by atoms with E-state index >= 15 is 0 Å². The molecule has 4 atom stereocenters. The standard InChI is InChI=1S/C40H45FN6O6S/c1-26(2)36(46-39(50)47(3)23-32-25-54-38(44-32)29-14-16-30(41)17-15-29)37(49)43-31(20-27-10-6-4-7-11-27)22-35(48)34(21-28-12-8-5-9-13-28)45-40(51)52-24-33-18-19-42-53-33/h4-19,25-26,31,34-36,48H,20-24H2,1-3H3,(H,43,49)(H,45,51)(H,46,50)/t31-,34-,35-,36-/m0/s1. The average molecular weight is 757 g/mol. The van der Waals surface area contributed by atoms with E-state index in [1.807, 2.05) is 79.9 Å². The number of ether oxygens (including phenoxy) is 1. The fraction of sp³-hybridized carbons (Fsp3) is 0.325. The van der Waals surface area contributed by atoms with Crippen molar-refractivity contribution in [3.63, 3.8) is 0 Å². The minimum atomic E-state index is -1.10. The lowest BCUT2D eigenvalue weighted by molar-refractivity contribution is -0.124. The predicted molar refractivity (Wildman–Crippen MR) is 203 cm³/mol. The second-order valence-electron chi connectivity index (χ2n) is 13.4. The molecule has 3 aromatic carbocycles. The maximum absolute atomic E-state index is 13.9. The van der Waals surface area contributed by atoms with Gasteiger partial charge in [0.15, 0.2) is 12.4 Å². The van der Waals surface area contributed by atoms with E-state index in [9.17, 15) is 23.9 Å². The van der Waals surface area contributed by atoms with Crippen LogP contribution in [-0.4, -0.2) is 69.5 Å². The Morgan fingerprint density at radius 1 is 0.907 bits per heavy atom. The summed E-state index contributed by atoms with van der Waals surface area (Å²) in [5, 5.41) is 26.6. The van der Waals surface area contributed by atoms with Crippen molar-refractivity contribution >= 4 is 29.4 Å². The number of aromatic nitrogens is 2. The number of nitrogens with zero attached hydrogens (tertiary/aromatic N) is 3. The number of halogens is 1. The number of nitrogens with one attached hydrogen (secondary N) is 3. The molecule has 0 aliphatic carbocycles. The molecule has 2 aromatic heterocycles. The summed E-state index contributed by atoms with van der Waals surface area (Å²) in [6.07, 6.45) is 0.366. The summed E-state index contributed by atoms with van der Waals surface area (Å²) in [5.41, 5.74) is 3.25. The first-order valence-corrected chi connectivity index (χ1v) is 18.5. The topological polar surface area (TPSA) is 159 Å². The number of thiazole rings is 1. The van der Waals surface area contributed by atoms with Crippen LogP contribution in [0, 0.1) is 11.7 Å². The molecule has 0 radical (unpaired) electrons. The van der Waals surface area contributed by atoms with Crippen molar-refractivity contribution < 1.29 is 33.1 Å². The molecular formula is C40H45FN6O6S. The highest BCUT2D eigenvalue weighted by atomic mass is 32.1. The molecular weight excluding hydrogens is 712 g/mol. The Hall–Kier alpha value is -5.60. The Kier molecular flexibility index (Phi) is 14.3. The second kappa shape index (κ2) is 19.5. The molecule has 0 aliphatic heterocycles. The lowest BCUT2D eigenvalue weighted by Crippen LogP contribution is -2.55. The van der Waals surface area contributed by atoms with Gasteiger partial charge in [-0.1, -0.05) is 79.7 Å². The maximum atomic E-state index is 13.9. The molecule has 0 bridgehead atoms. The Morgan fingerprint density at radius 3 is 2.20 bits per heavy atom. The minimum absolute atomic E-state index is 0.0827. The summed E-state index contributed by atoms with van der Waals surface area (Å²) in [7, 11) is 1.62. The number of carbonyl (C=O) groups excluding carboxylic acids is 3. The normalized spacial score (nSPS) is 13.4. The van der Waals surface area contributed by atoms with Crippen molar-refractivity contribution in [3.8, 4) is 10.6 Å². The van der Waals surface area contributed by atoms with E-state index in [1.54, 1.807) is 25.2 Å². The number of rotatable bonds is 17. The molecule has 4 amide bonds. The fourth-order valence-electron chi connectivity index (χ4n) is 5.83. The number of aliphatic hydroxyl groups is 1. The van der Waals surface area contributed by atoms with Gasteiger partial charge in [0.1, 0.15) is 16.9 Å². The molecule has 4 N–H and O–H groups in total. The van der Waals surface area contributed by atoms with Gasteiger partial charge in [0.2, 0.25) is 5.91 Å². The van der Waals surface area contributed by atoms with Crippen molar-refractivity contribution in [1.29, 1.82) is 0 Å². The van der Waals surface area contributed by atoms with E-state index in [1.165, 1.54) is 34.6 Å². The fourth-order valence-corrected chi connectivity index (χ4v) is 6.65. The molecule has 284 valence electrons. The van der Waals surface area contributed by atoms with Crippen LogP contribution in [0.4, 0.5) is 14.0 Å². The lowest BCUT2D eigenvalue weighted by atomic mass is 9.93. The van der Waals surface area contributed by atoms with Gasteiger partial charge in [-0.2, -0.15) is 0 Å². The molecule has 0 spiro atoms. The maximum Gasteiger partial charge on any atom is 0.407 e. The summed E-state index contributed by atoms with van der Waals surface area (Å²) in [6.45, 7) is 3.73. The van der Waals surface area contributed by atoms with Gasteiger partial charge in [-0.05, 0) is 60.6 Å². The van der Waals surface area contributed by atoms with Crippen LogP contribution in [-0.2, 0) is 35.5 Å². The van der Waals surface area contributed by atoms with E-state index in [0.29, 0.717) is 29.3 Å². The zero-order valence-electron chi connectivity index (χ0n) is 30.4. The quantitative estimate of drug-likeness (QED) is 0.0884. The van der Waals surface area contributed by atoms with Gasteiger partial charge in [-0.15, -0.1) is 11.3 Å². The molecule has 54 heavy (non-hydrogen) atoms. The molecule has 0 saturated heterocycles. The van der Waals surface area contributed by atoms with Gasteiger partial charge >= 0.3 is 12.1 Å². The third-order valence-electron chi connectivity index (χ3n) is 8.72. The average Bonchev–Trinajstić information content (AvgIpc) is 3.86. The molecule has 5 aromatic rings. The Balaban J connectivity index is 1.26. The van der Waals surface area contributed by atoms with E-state index in [-0.39, 0.29) is 31.3 Å². The Morgan fingerprint density at radius 2 is 1.57 bits per heavy atom. The van der Waals surface area contributed by atoms with Crippen LogP contribution >= 0.6 is 11.3 Å². The zero-order chi connectivity index (χ0) is 38.5. The van der Waals surface area contributed by atoms with E-state index in [2.05, 4.69) is 26.1 Å². The number of hydrogen-bond acceptors (Lipinski definition) is 9. The minimum Gasteiger partial charge on any atom is -0.441 e. The van der Waals surface area contributed by atoms with Crippen molar-refractivity contribution in [3.05, 3.63) is 131 Å². The molecule has 0 fully saturated rings. The van der Waals surface area contributed by atoms with E-state index in [0.717, 1.165) is 16.7 Å². The van der Waals surface area contributed by atoms with Crippen molar-refractivity contribution in [2.75, 3.05) is 7.05 Å². The van der Waals surface area contributed by atoms with Gasteiger partial charge in [0, 0.05) is 30.1 Å². The van der Waals surface area contributed by atoms with Crippen molar-refractivity contribution in [2.45, 2.75) is 70.5 Å². The van der Waals surface area contributed by atoms with Crippen molar-refractivity contribution in [1.82, 2.24) is 31.0 Å². The first-order chi connectivity index (χ1) is 26.0. The highest BCUT2D eigenvalue weighted by Gasteiger charge is 2.31. The van der Waals surface area contributed by atoms with Gasteiger partial charge in [0.05, 0.1) is 30.6 Å². The van der Waals surface area contributed by atoms with Gasteiger partial charge in [-0.3, -0.25) is 4.79 Å². The summed E-state index contributed by atoms with van der Waals surface area (Å²) in [5.74, 6) is -0.653. The van der Waals surface area contributed by atoms with E-state index < -0.39 is 42.3 Å². The van der Waals surface area contributed by atoms with Crippen molar-refractivity contribution in [2.24, 2.45) is 5.92 Å². The number of alkyl carbamates (subject to hydrolysis) is 1. The number of benzene rings is 3. The second-order valence-corrected chi connectivity index (χ2v) is 14.2. The number of carbonyl (C=O) groups is 3. The van der Waals surface area contributed by atoms with Crippen LogP contribution < -0.4 is 16.0 Å². The highest BCUT2D eigenvalue weighted by molar-refractivity contribution is 7.13. The van der Waals surface area contributed by atoms with E-state index in [4.69, 9.17) is 9.26 Å². The largest absolute Gasteiger partial charge is 0.441 e. The van der Waals surface area contributed by atoms with Crippen LogP contribution in [0.25, 0.3) is 10.6 Å². The highest BCUT2D eigenvalue weighted by Crippen LogP contribution is 2.24. The van der Waals surface area contributed by atoms with Gasteiger partial charge in [-0.25, -0.2) is 19.0 Å². The van der Waals surface area contributed by atoms with Crippen LogP contribution in [0.3, 0.4) is 0 Å². The molecule has 12 nitrogen and oxygen atoms in total. The molecule has 0 unspecified atom stereocenters. The monoisotopic (exact) mass is 756 g/mol.